The van der Waals surface area contributed by atoms with E-state index in [0.717, 1.165) is 0 Å². The molecule has 0 saturated heterocycles. The van der Waals surface area contributed by atoms with Crippen molar-refractivity contribution in [3.63, 3.8) is 0 Å². The van der Waals surface area contributed by atoms with Gasteiger partial charge in [0.05, 0.1) is 12.7 Å². The Morgan fingerprint density at radius 1 is 1.35 bits per heavy atom. The number of hydrogen-bond donors (Lipinski definition) is 1. The van der Waals surface area contributed by atoms with E-state index in [1.165, 1.54) is 33.1 Å². The van der Waals surface area contributed by atoms with Crippen LogP contribution < -0.4 is 10.5 Å². The lowest BCUT2D eigenvalue weighted by Crippen LogP contribution is -2.40. The summed E-state index contributed by atoms with van der Waals surface area (Å²) < 4.78 is 34.3. The van der Waals surface area contributed by atoms with Crippen LogP contribution in [0, 0.1) is 5.41 Å². The van der Waals surface area contributed by atoms with Gasteiger partial charge in [-0.3, -0.25) is 0 Å². The predicted molar refractivity (Wildman–Crippen MR) is 67.4 cm³/mol. The summed E-state index contributed by atoms with van der Waals surface area (Å²) in [4.78, 5) is 0. The van der Waals surface area contributed by atoms with E-state index in [2.05, 4.69) is 15.9 Å². The van der Waals surface area contributed by atoms with Gasteiger partial charge in [-0.15, -0.1) is 0 Å². The van der Waals surface area contributed by atoms with E-state index < -0.39 is 11.3 Å². The molecule has 0 spiro atoms. The molecule has 0 atom stereocenters. The molecule has 0 unspecified atom stereocenters. The van der Waals surface area contributed by atoms with E-state index in [1.807, 2.05) is 0 Å². The van der Waals surface area contributed by atoms with Crippen LogP contribution in [0.1, 0.15) is 19.4 Å². The lowest BCUT2D eigenvalue weighted by atomic mass is 9.81. The molecule has 0 radical (unpaired) electrons. The van der Waals surface area contributed by atoms with Gasteiger partial charge in [-0.05, 0) is 18.2 Å². The molecule has 5 heteroatoms. The highest BCUT2D eigenvalue weighted by Crippen LogP contribution is 2.47. The summed E-state index contributed by atoms with van der Waals surface area (Å²) in [6.07, 6.45) is 0. The minimum Gasteiger partial charge on any atom is -0.496 e. The molecule has 0 aliphatic carbocycles. The van der Waals surface area contributed by atoms with Gasteiger partial charge in [-0.2, -0.15) is 0 Å². The summed E-state index contributed by atoms with van der Waals surface area (Å²) >= 11 is 3.19. The molecule has 0 aromatic heterocycles. The van der Waals surface area contributed by atoms with E-state index in [-0.39, 0.29) is 17.9 Å². The number of ether oxygens (including phenoxy) is 1. The summed E-state index contributed by atoms with van der Waals surface area (Å²) in [7, 11) is 1.37. The third-order valence-electron chi connectivity index (χ3n) is 2.86. The van der Waals surface area contributed by atoms with Gasteiger partial charge >= 0.3 is 0 Å². The Labute approximate surface area is 108 Å². The van der Waals surface area contributed by atoms with Crippen LogP contribution in [0.15, 0.2) is 22.7 Å². The maximum absolute atomic E-state index is 14.4. The monoisotopic (exact) mass is 307 g/mol. The van der Waals surface area contributed by atoms with Crippen molar-refractivity contribution in [3.8, 4) is 5.75 Å². The normalized spacial score (nSPS) is 12.6. The quantitative estimate of drug-likeness (QED) is 0.923. The average molecular weight is 308 g/mol. The summed E-state index contributed by atoms with van der Waals surface area (Å²) in [6, 6.07) is 4.55. The average Bonchev–Trinajstić information content (AvgIpc) is 2.28. The van der Waals surface area contributed by atoms with Crippen molar-refractivity contribution in [3.05, 3.63) is 28.2 Å². The molecule has 0 heterocycles. The molecule has 0 aliphatic rings. The Bertz CT molecular complexity index is 407. The first-order valence-corrected chi connectivity index (χ1v) is 5.97. The van der Waals surface area contributed by atoms with E-state index in [0.29, 0.717) is 4.47 Å². The van der Waals surface area contributed by atoms with E-state index in [9.17, 15) is 8.78 Å². The van der Waals surface area contributed by atoms with E-state index in [1.54, 1.807) is 6.07 Å². The minimum absolute atomic E-state index is 0.115. The van der Waals surface area contributed by atoms with Crippen LogP contribution in [0.2, 0.25) is 0 Å². The number of alkyl halides is 2. The van der Waals surface area contributed by atoms with Crippen LogP contribution in [0.3, 0.4) is 0 Å². The van der Waals surface area contributed by atoms with Crippen LogP contribution in [-0.2, 0) is 5.92 Å². The topological polar surface area (TPSA) is 35.2 Å². The molecule has 0 amide bonds. The summed E-state index contributed by atoms with van der Waals surface area (Å²) in [5.74, 6) is -2.89. The maximum Gasteiger partial charge on any atom is 0.283 e. The van der Waals surface area contributed by atoms with Gasteiger partial charge in [0.1, 0.15) is 5.75 Å². The summed E-state index contributed by atoms with van der Waals surface area (Å²) in [6.45, 7) is 2.76. The zero-order chi connectivity index (χ0) is 13.3. The van der Waals surface area contributed by atoms with Crippen molar-refractivity contribution in [1.29, 1.82) is 0 Å². The first-order chi connectivity index (χ1) is 7.76. The number of methoxy groups -OCH3 is 1. The van der Waals surface area contributed by atoms with Crippen LogP contribution in [-0.4, -0.2) is 13.7 Å². The molecule has 0 aliphatic heterocycles. The van der Waals surface area contributed by atoms with Crippen molar-refractivity contribution >= 4 is 15.9 Å². The number of nitrogens with two attached hydrogens (primary N) is 1. The van der Waals surface area contributed by atoms with Crippen LogP contribution in [0.5, 0.6) is 5.75 Å². The Hall–Kier alpha value is -0.680. The second-order valence-electron chi connectivity index (χ2n) is 4.51. The van der Waals surface area contributed by atoms with E-state index >= 15 is 0 Å². The van der Waals surface area contributed by atoms with Gasteiger partial charge in [-0.1, -0.05) is 29.8 Å². The highest BCUT2D eigenvalue weighted by Gasteiger charge is 2.48. The fourth-order valence-corrected chi connectivity index (χ4v) is 1.78. The number of hydrogen-bond acceptors (Lipinski definition) is 2. The molecule has 0 bridgehead atoms. The second kappa shape index (κ2) is 4.90. The molecule has 1 rings (SSSR count). The van der Waals surface area contributed by atoms with Gasteiger partial charge in [0.25, 0.3) is 5.92 Å². The fraction of sp³-hybridized carbons (Fsp3) is 0.500. The van der Waals surface area contributed by atoms with E-state index in [4.69, 9.17) is 10.5 Å². The largest absolute Gasteiger partial charge is 0.496 e. The standard InChI is InChI=1S/C12H16BrF2NO/c1-11(2,7-16)12(14,15)9-6-8(13)4-5-10(9)17-3/h4-6H,7,16H2,1-3H3. The van der Waals surface area contributed by atoms with Gasteiger partial charge in [0, 0.05) is 16.4 Å². The number of benzene rings is 1. The second-order valence-corrected chi connectivity index (χ2v) is 5.42. The first kappa shape index (κ1) is 14.4. The van der Waals surface area contributed by atoms with Crippen LogP contribution >= 0.6 is 15.9 Å². The maximum atomic E-state index is 14.4. The minimum atomic E-state index is -3.06. The molecule has 0 saturated carbocycles. The molecular weight excluding hydrogens is 292 g/mol. The van der Waals surface area contributed by atoms with Crippen molar-refractivity contribution < 1.29 is 13.5 Å². The SMILES string of the molecule is COc1ccc(Br)cc1C(F)(F)C(C)(C)CN. The summed E-state index contributed by atoms with van der Waals surface area (Å²) in [5.41, 5.74) is 3.95. The van der Waals surface area contributed by atoms with Gasteiger partial charge in [-0.25, -0.2) is 8.78 Å². The Morgan fingerprint density at radius 2 is 1.94 bits per heavy atom. The molecular formula is C12H16BrF2NO. The third kappa shape index (κ3) is 2.60. The lowest BCUT2D eigenvalue weighted by Gasteiger charge is -2.34. The Balaban J connectivity index is 3.36. The molecule has 2 N–H and O–H groups in total. The Kier molecular flexibility index (Phi) is 4.15. The molecule has 1 aromatic rings. The third-order valence-corrected chi connectivity index (χ3v) is 3.35. The van der Waals surface area contributed by atoms with Crippen molar-refractivity contribution in [1.82, 2.24) is 0 Å². The zero-order valence-electron chi connectivity index (χ0n) is 10.1. The molecule has 2 nitrogen and oxygen atoms in total. The molecule has 0 fully saturated rings. The van der Waals surface area contributed by atoms with Crippen LogP contribution in [0.25, 0.3) is 0 Å². The smallest absolute Gasteiger partial charge is 0.283 e. The van der Waals surface area contributed by atoms with Gasteiger partial charge in [0.2, 0.25) is 0 Å². The molecule has 1 aromatic carbocycles. The fourth-order valence-electron chi connectivity index (χ4n) is 1.42. The number of halogens is 3. The molecule has 17 heavy (non-hydrogen) atoms. The highest BCUT2D eigenvalue weighted by atomic mass is 79.9. The first-order valence-electron chi connectivity index (χ1n) is 5.18. The number of rotatable bonds is 4. The van der Waals surface area contributed by atoms with Crippen molar-refractivity contribution in [2.24, 2.45) is 11.1 Å². The summed E-state index contributed by atoms with van der Waals surface area (Å²) in [5, 5.41) is 0. The van der Waals surface area contributed by atoms with Crippen molar-refractivity contribution in [2.45, 2.75) is 19.8 Å². The van der Waals surface area contributed by atoms with Crippen LogP contribution in [0.4, 0.5) is 8.78 Å². The predicted octanol–water partition coefficient (Wildman–Crippen LogP) is 3.53. The zero-order valence-corrected chi connectivity index (χ0v) is 11.6. The Morgan fingerprint density at radius 3 is 2.41 bits per heavy atom. The van der Waals surface area contributed by atoms with Crippen molar-refractivity contribution in [2.75, 3.05) is 13.7 Å². The molecule has 96 valence electrons. The van der Waals surface area contributed by atoms with Gasteiger partial charge in [0.15, 0.2) is 0 Å². The highest BCUT2D eigenvalue weighted by molar-refractivity contribution is 9.10. The lowest BCUT2D eigenvalue weighted by molar-refractivity contribution is -0.110. The van der Waals surface area contributed by atoms with Gasteiger partial charge < -0.3 is 10.5 Å².